The minimum Gasteiger partial charge on any atom is -0.410 e. The molecule has 3 aromatic rings. The number of fused-ring (bicyclic) bond motifs is 1. The predicted molar refractivity (Wildman–Crippen MR) is 105 cm³/mol. The summed E-state index contributed by atoms with van der Waals surface area (Å²) in [5.74, 6) is 2.90. The van der Waals surface area contributed by atoms with Gasteiger partial charge in [-0.2, -0.15) is 0 Å². The second kappa shape index (κ2) is 7.46. The van der Waals surface area contributed by atoms with Crippen molar-refractivity contribution < 1.29 is 13.9 Å². The Morgan fingerprint density at radius 2 is 2.04 bits per heavy atom. The Balaban J connectivity index is 2.02. The van der Waals surface area contributed by atoms with Crippen molar-refractivity contribution in [3.05, 3.63) is 65.6 Å². The van der Waals surface area contributed by atoms with Crippen LogP contribution in [0.2, 0.25) is 0 Å². The first kappa shape index (κ1) is 18.4. The van der Waals surface area contributed by atoms with Crippen molar-refractivity contribution in [2.24, 2.45) is 0 Å². The highest BCUT2D eigenvalue weighted by Crippen LogP contribution is 2.34. The lowest BCUT2D eigenvalue weighted by molar-refractivity contribution is 0.209. The van der Waals surface area contributed by atoms with E-state index in [2.05, 4.69) is 10.9 Å². The van der Waals surface area contributed by atoms with Gasteiger partial charge in [-0.15, -0.1) is 6.42 Å². The summed E-state index contributed by atoms with van der Waals surface area (Å²) in [5.41, 5.74) is 1.04. The number of carbonyl (C=O) groups excluding carboxylic acids is 1. The van der Waals surface area contributed by atoms with Crippen molar-refractivity contribution in [3.8, 4) is 18.1 Å². The molecule has 0 saturated heterocycles. The molecule has 0 spiro atoms. The Morgan fingerprint density at radius 1 is 1.26 bits per heavy atom. The molecule has 0 radical (unpaired) electrons. The highest BCUT2D eigenvalue weighted by Gasteiger charge is 2.18. The van der Waals surface area contributed by atoms with Gasteiger partial charge in [-0.3, -0.25) is 4.90 Å². The minimum absolute atomic E-state index is 0.0635. The van der Waals surface area contributed by atoms with Crippen LogP contribution in [0, 0.1) is 18.2 Å². The van der Waals surface area contributed by atoms with Crippen LogP contribution < -0.4 is 9.64 Å². The van der Waals surface area contributed by atoms with Gasteiger partial charge in [-0.25, -0.2) is 14.2 Å². The van der Waals surface area contributed by atoms with Crippen LogP contribution in [0.3, 0.4) is 0 Å². The van der Waals surface area contributed by atoms with Crippen LogP contribution in [0.1, 0.15) is 30.9 Å². The van der Waals surface area contributed by atoms with E-state index >= 15 is 0 Å². The molecule has 0 atom stereocenters. The number of ether oxygens (including phenoxy) is 1. The van der Waals surface area contributed by atoms with Crippen LogP contribution in [-0.4, -0.2) is 18.1 Å². The molecule has 5 heteroatoms. The number of carbonyl (C=O) groups is 1. The van der Waals surface area contributed by atoms with Crippen LogP contribution in [0.15, 0.2) is 48.7 Å². The van der Waals surface area contributed by atoms with E-state index in [1.807, 2.05) is 13.8 Å². The van der Waals surface area contributed by atoms with Crippen LogP contribution in [0.4, 0.5) is 15.0 Å². The molecule has 136 valence electrons. The maximum atomic E-state index is 14.1. The molecule has 4 nitrogen and oxygen atoms in total. The Kier molecular flexibility index (Phi) is 5.09. The molecule has 0 N–H and O–H groups in total. The Labute approximate surface area is 157 Å². The maximum Gasteiger partial charge on any atom is 0.420 e. The van der Waals surface area contributed by atoms with E-state index in [0.29, 0.717) is 17.0 Å². The van der Waals surface area contributed by atoms with E-state index in [4.69, 9.17) is 11.2 Å². The monoisotopic (exact) mass is 362 g/mol. The van der Waals surface area contributed by atoms with Crippen molar-refractivity contribution in [1.82, 2.24) is 4.98 Å². The third kappa shape index (κ3) is 3.61. The zero-order chi connectivity index (χ0) is 19.6. The van der Waals surface area contributed by atoms with Gasteiger partial charge in [0.1, 0.15) is 17.4 Å². The lowest BCUT2D eigenvalue weighted by Crippen LogP contribution is -2.30. The van der Waals surface area contributed by atoms with E-state index < -0.39 is 11.9 Å². The highest BCUT2D eigenvalue weighted by atomic mass is 19.1. The first-order chi connectivity index (χ1) is 12.9. The smallest absolute Gasteiger partial charge is 0.410 e. The summed E-state index contributed by atoms with van der Waals surface area (Å²) in [6.45, 7) is 3.96. The number of pyridine rings is 1. The number of benzene rings is 2. The topological polar surface area (TPSA) is 42.4 Å². The van der Waals surface area contributed by atoms with Gasteiger partial charge >= 0.3 is 6.09 Å². The molecule has 0 aliphatic carbocycles. The third-order valence-corrected chi connectivity index (χ3v) is 4.31. The van der Waals surface area contributed by atoms with Crippen molar-refractivity contribution in [3.63, 3.8) is 0 Å². The van der Waals surface area contributed by atoms with Gasteiger partial charge in [0.05, 0.1) is 5.56 Å². The van der Waals surface area contributed by atoms with Crippen LogP contribution in [0.5, 0.6) is 5.75 Å². The summed E-state index contributed by atoms with van der Waals surface area (Å²) in [5, 5.41) is 1.39. The molecule has 1 heterocycles. The SMILES string of the molecule is C#Cc1c(F)ccc2cc(OC(=O)N(C)c3ccccn3)cc(C(C)C)c12. The number of hydrogen-bond donors (Lipinski definition) is 0. The van der Waals surface area contributed by atoms with Crippen LogP contribution >= 0.6 is 0 Å². The molecule has 3 rings (SSSR count). The predicted octanol–water partition coefficient (Wildman–Crippen LogP) is 5.11. The fraction of sp³-hybridized carbons (Fsp3) is 0.182. The molecule has 2 aromatic carbocycles. The quantitative estimate of drug-likeness (QED) is 0.608. The average molecular weight is 362 g/mol. The Morgan fingerprint density at radius 3 is 2.67 bits per heavy atom. The number of hydrogen-bond acceptors (Lipinski definition) is 3. The molecule has 27 heavy (non-hydrogen) atoms. The van der Waals surface area contributed by atoms with Crippen molar-refractivity contribution in [2.75, 3.05) is 11.9 Å². The van der Waals surface area contributed by atoms with Crippen LogP contribution in [-0.2, 0) is 0 Å². The maximum absolute atomic E-state index is 14.1. The number of halogens is 1. The Hall–Kier alpha value is -3.39. The molecule has 0 unspecified atom stereocenters. The molecule has 1 amide bonds. The normalized spacial score (nSPS) is 10.7. The summed E-state index contributed by atoms with van der Waals surface area (Å²) in [6.07, 6.45) is 6.55. The van der Waals surface area contributed by atoms with E-state index in [-0.39, 0.29) is 11.5 Å². The lowest BCUT2D eigenvalue weighted by atomic mass is 9.92. The van der Waals surface area contributed by atoms with Gasteiger partial charge in [-0.1, -0.05) is 31.9 Å². The zero-order valence-electron chi connectivity index (χ0n) is 15.4. The van der Waals surface area contributed by atoms with E-state index in [9.17, 15) is 9.18 Å². The average Bonchev–Trinajstić information content (AvgIpc) is 2.67. The number of amides is 1. The zero-order valence-corrected chi connectivity index (χ0v) is 15.4. The van der Waals surface area contributed by atoms with Gasteiger partial charge in [0.25, 0.3) is 0 Å². The van der Waals surface area contributed by atoms with E-state index in [1.54, 1.807) is 49.6 Å². The molecule has 0 fully saturated rings. The number of aromatic nitrogens is 1. The molecule has 0 aliphatic heterocycles. The van der Waals surface area contributed by atoms with Gasteiger partial charge in [-0.05, 0) is 47.2 Å². The van der Waals surface area contributed by atoms with Gasteiger partial charge < -0.3 is 4.74 Å². The second-order valence-corrected chi connectivity index (χ2v) is 6.45. The second-order valence-electron chi connectivity index (χ2n) is 6.45. The van der Waals surface area contributed by atoms with Crippen molar-refractivity contribution in [2.45, 2.75) is 19.8 Å². The number of nitrogens with zero attached hydrogens (tertiary/aromatic N) is 2. The summed E-state index contributed by atoms with van der Waals surface area (Å²) in [7, 11) is 1.58. The van der Waals surface area contributed by atoms with Gasteiger partial charge in [0.15, 0.2) is 0 Å². The van der Waals surface area contributed by atoms with E-state index in [1.165, 1.54) is 11.0 Å². The summed E-state index contributed by atoms with van der Waals surface area (Å²) >= 11 is 0. The standard InChI is InChI=1S/C22H19FN2O2/c1-5-17-19(23)10-9-15-12-16(13-18(14(2)3)21(15)17)27-22(26)25(4)20-8-6-7-11-24-20/h1,6-14H,2-4H3. The first-order valence-corrected chi connectivity index (χ1v) is 8.51. The minimum atomic E-state index is -0.568. The van der Waals surface area contributed by atoms with Crippen LogP contribution in [0.25, 0.3) is 10.8 Å². The fourth-order valence-electron chi connectivity index (χ4n) is 2.92. The highest BCUT2D eigenvalue weighted by molar-refractivity contribution is 5.94. The van der Waals surface area contributed by atoms with Crippen molar-refractivity contribution >= 4 is 22.7 Å². The summed E-state index contributed by atoms with van der Waals surface area (Å²) in [6, 6.07) is 11.6. The van der Waals surface area contributed by atoms with E-state index in [0.717, 1.165) is 10.9 Å². The molecule has 1 aromatic heterocycles. The molecule has 0 bridgehead atoms. The van der Waals surface area contributed by atoms with Gasteiger partial charge in [0.2, 0.25) is 0 Å². The summed E-state index contributed by atoms with van der Waals surface area (Å²) in [4.78, 5) is 17.9. The molecule has 0 saturated carbocycles. The summed E-state index contributed by atoms with van der Waals surface area (Å²) < 4.78 is 19.7. The Bertz CT molecular complexity index is 1040. The molecular weight excluding hydrogens is 343 g/mol. The number of rotatable bonds is 3. The lowest BCUT2D eigenvalue weighted by Gasteiger charge is -2.18. The number of anilines is 1. The largest absolute Gasteiger partial charge is 0.420 e. The first-order valence-electron chi connectivity index (χ1n) is 8.51. The molecule has 0 aliphatic rings. The van der Waals surface area contributed by atoms with Gasteiger partial charge in [0, 0.05) is 18.6 Å². The number of terminal acetylenes is 1. The molecular formula is C22H19FN2O2. The fourth-order valence-corrected chi connectivity index (χ4v) is 2.92. The van der Waals surface area contributed by atoms with Crippen molar-refractivity contribution in [1.29, 1.82) is 0 Å². The third-order valence-electron chi connectivity index (χ3n) is 4.31.